The van der Waals surface area contributed by atoms with Crippen molar-refractivity contribution >= 4 is 17.7 Å². The summed E-state index contributed by atoms with van der Waals surface area (Å²) in [5.74, 6) is 0.133. The van der Waals surface area contributed by atoms with E-state index in [1.165, 1.54) is 5.56 Å². The molecule has 0 aliphatic carbocycles. The molecule has 0 atom stereocenters. The number of piperazine rings is 1. The Kier molecular flexibility index (Phi) is 8.59. The van der Waals surface area contributed by atoms with E-state index >= 15 is 0 Å². The summed E-state index contributed by atoms with van der Waals surface area (Å²) in [5.41, 5.74) is 3.76. The minimum atomic E-state index is -0.00231. The first-order valence-corrected chi connectivity index (χ1v) is 10.3. The minimum absolute atomic E-state index is 0.00231. The van der Waals surface area contributed by atoms with Gasteiger partial charge in [-0.05, 0) is 45.0 Å². The Balaban J connectivity index is 0.000000232. The van der Waals surface area contributed by atoms with Crippen LogP contribution >= 0.6 is 0 Å². The molecule has 1 fully saturated rings. The van der Waals surface area contributed by atoms with E-state index in [1.54, 1.807) is 11.8 Å². The fourth-order valence-corrected chi connectivity index (χ4v) is 3.07. The van der Waals surface area contributed by atoms with Crippen molar-refractivity contribution in [3.05, 3.63) is 70.8 Å². The zero-order valence-corrected chi connectivity index (χ0v) is 18.3. The van der Waals surface area contributed by atoms with Gasteiger partial charge in [-0.2, -0.15) is 0 Å². The molecule has 30 heavy (non-hydrogen) atoms. The third-order valence-corrected chi connectivity index (χ3v) is 4.96. The summed E-state index contributed by atoms with van der Waals surface area (Å²) in [7, 11) is 0. The maximum Gasteiger partial charge on any atom is 0.253 e. The Hall–Kier alpha value is -3.15. The Morgan fingerprint density at radius 1 is 0.767 bits per heavy atom. The second-order valence-electron chi connectivity index (χ2n) is 7.39. The molecule has 0 bridgehead atoms. The van der Waals surface area contributed by atoms with Crippen LogP contribution in [-0.2, 0) is 4.79 Å². The predicted molar refractivity (Wildman–Crippen MR) is 119 cm³/mol. The van der Waals surface area contributed by atoms with Crippen molar-refractivity contribution in [2.75, 3.05) is 32.7 Å². The Labute approximate surface area is 178 Å². The van der Waals surface area contributed by atoms with Crippen molar-refractivity contribution in [1.82, 2.24) is 15.1 Å². The van der Waals surface area contributed by atoms with Gasteiger partial charge in [-0.3, -0.25) is 14.4 Å². The number of nitrogens with zero attached hydrogens (tertiary/aromatic N) is 2. The van der Waals surface area contributed by atoms with Gasteiger partial charge in [0.05, 0.1) is 0 Å². The van der Waals surface area contributed by atoms with Gasteiger partial charge in [0.2, 0.25) is 5.91 Å². The van der Waals surface area contributed by atoms with Crippen LogP contribution in [-0.4, -0.2) is 60.2 Å². The average molecular weight is 410 g/mol. The maximum atomic E-state index is 12.2. The lowest BCUT2D eigenvalue weighted by molar-refractivity contribution is -0.130. The fraction of sp³-hybridized carbons (Fsp3) is 0.375. The van der Waals surface area contributed by atoms with Crippen molar-refractivity contribution in [3.8, 4) is 0 Å². The van der Waals surface area contributed by atoms with E-state index in [-0.39, 0.29) is 17.7 Å². The molecule has 1 aliphatic heterocycles. The Morgan fingerprint density at radius 3 is 1.63 bits per heavy atom. The molecule has 0 aromatic heterocycles. The summed E-state index contributed by atoms with van der Waals surface area (Å²) in [6.07, 6.45) is 0. The van der Waals surface area contributed by atoms with E-state index in [0.717, 1.165) is 16.7 Å². The number of nitrogens with one attached hydrogen (secondary N) is 1. The molecule has 0 unspecified atom stereocenters. The zero-order chi connectivity index (χ0) is 22.1. The van der Waals surface area contributed by atoms with Gasteiger partial charge >= 0.3 is 0 Å². The van der Waals surface area contributed by atoms with E-state index in [1.807, 2.05) is 74.2 Å². The van der Waals surface area contributed by atoms with E-state index in [9.17, 15) is 14.4 Å². The SMILES string of the molecule is CC(=O)N1CCN(C(=O)c2ccc(C)cc2)CC1.CCNC(=O)c1ccc(C)cc1. The number of benzene rings is 2. The van der Waals surface area contributed by atoms with Gasteiger partial charge in [-0.25, -0.2) is 0 Å². The first-order valence-electron chi connectivity index (χ1n) is 10.3. The smallest absolute Gasteiger partial charge is 0.253 e. The molecule has 1 saturated heterocycles. The van der Waals surface area contributed by atoms with Crippen LogP contribution in [0.4, 0.5) is 0 Å². The molecular weight excluding hydrogens is 378 g/mol. The molecule has 0 spiro atoms. The molecule has 1 heterocycles. The molecule has 0 radical (unpaired) electrons. The molecular formula is C24H31N3O3. The molecule has 3 amide bonds. The highest BCUT2D eigenvalue weighted by atomic mass is 16.2. The number of aryl methyl sites for hydroxylation is 2. The van der Waals surface area contributed by atoms with E-state index in [2.05, 4.69) is 5.32 Å². The van der Waals surface area contributed by atoms with Crippen LogP contribution < -0.4 is 5.32 Å². The molecule has 1 N–H and O–H groups in total. The maximum absolute atomic E-state index is 12.2. The van der Waals surface area contributed by atoms with Crippen LogP contribution in [0.2, 0.25) is 0 Å². The largest absolute Gasteiger partial charge is 0.352 e. The molecule has 1 aliphatic rings. The Bertz CT molecular complexity index is 852. The average Bonchev–Trinajstić information content (AvgIpc) is 2.75. The molecule has 160 valence electrons. The number of amides is 3. The second-order valence-corrected chi connectivity index (χ2v) is 7.39. The standard InChI is InChI=1S/C14H18N2O2.C10H13NO/c1-11-3-5-13(6-4-11)14(18)16-9-7-15(8-10-16)12(2)17;1-3-11-10(12)9-6-4-8(2)5-7-9/h3-6H,7-10H2,1-2H3;4-7H,3H2,1-2H3,(H,11,12). The van der Waals surface area contributed by atoms with Crippen LogP contribution in [0.3, 0.4) is 0 Å². The predicted octanol–water partition coefficient (Wildman–Crippen LogP) is 3.04. The molecule has 6 nitrogen and oxygen atoms in total. The van der Waals surface area contributed by atoms with Crippen molar-refractivity contribution in [2.24, 2.45) is 0 Å². The Morgan fingerprint density at radius 2 is 1.20 bits per heavy atom. The number of rotatable bonds is 3. The summed E-state index contributed by atoms with van der Waals surface area (Å²) < 4.78 is 0. The van der Waals surface area contributed by atoms with Gasteiger partial charge in [-0.1, -0.05) is 35.4 Å². The summed E-state index contributed by atoms with van der Waals surface area (Å²) in [6, 6.07) is 15.1. The van der Waals surface area contributed by atoms with E-state index < -0.39 is 0 Å². The number of hydrogen-bond acceptors (Lipinski definition) is 3. The first kappa shape index (κ1) is 23.1. The van der Waals surface area contributed by atoms with Gasteiger partial charge in [-0.15, -0.1) is 0 Å². The van der Waals surface area contributed by atoms with Gasteiger partial charge in [0, 0.05) is 50.8 Å². The highest BCUT2D eigenvalue weighted by Crippen LogP contribution is 2.10. The monoisotopic (exact) mass is 409 g/mol. The fourth-order valence-electron chi connectivity index (χ4n) is 3.07. The summed E-state index contributed by atoms with van der Waals surface area (Å²) >= 11 is 0. The summed E-state index contributed by atoms with van der Waals surface area (Å²) in [6.45, 7) is 10.6. The van der Waals surface area contributed by atoms with Crippen molar-refractivity contribution in [3.63, 3.8) is 0 Å². The third-order valence-electron chi connectivity index (χ3n) is 4.96. The normalized spacial score (nSPS) is 13.2. The van der Waals surface area contributed by atoms with Crippen molar-refractivity contribution < 1.29 is 14.4 Å². The van der Waals surface area contributed by atoms with Gasteiger partial charge in [0.25, 0.3) is 11.8 Å². The zero-order valence-electron chi connectivity index (χ0n) is 18.3. The van der Waals surface area contributed by atoms with Crippen molar-refractivity contribution in [1.29, 1.82) is 0 Å². The lowest BCUT2D eigenvalue weighted by atomic mass is 10.1. The molecule has 2 aromatic carbocycles. The quantitative estimate of drug-likeness (QED) is 0.847. The minimum Gasteiger partial charge on any atom is -0.352 e. The van der Waals surface area contributed by atoms with Crippen LogP contribution in [0.15, 0.2) is 48.5 Å². The molecule has 0 saturated carbocycles. The topological polar surface area (TPSA) is 69.7 Å². The van der Waals surface area contributed by atoms with Crippen LogP contribution in [0.1, 0.15) is 45.7 Å². The first-order chi connectivity index (χ1) is 14.3. The van der Waals surface area contributed by atoms with Crippen molar-refractivity contribution in [2.45, 2.75) is 27.7 Å². The molecule has 3 rings (SSSR count). The van der Waals surface area contributed by atoms with Crippen LogP contribution in [0.5, 0.6) is 0 Å². The highest BCUT2D eigenvalue weighted by Gasteiger charge is 2.22. The highest BCUT2D eigenvalue weighted by molar-refractivity contribution is 5.94. The van der Waals surface area contributed by atoms with E-state index in [4.69, 9.17) is 0 Å². The second kappa shape index (κ2) is 11.1. The number of carbonyl (C=O) groups excluding carboxylic acids is 3. The summed E-state index contributed by atoms with van der Waals surface area (Å²) in [5, 5.41) is 2.74. The van der Waals surface area contributed by atoms with Gasteiger partial charge in [0.1, 0.15) is 0 Å². The number of hydrogen-bond donors (Lipinski definition) is 1. The lowest BCUT2D eigenvalue weighted by Gasteiger charge is -2.34. The van der Waals surface area contributed by atoms with Crippen LogP contribution in [0, 0.1) is 13.8 Å². The number of carbonyl (C=O) groups is 3. The summed E-state index contributed by atoms with van der Waals surface area (Å²) in [4.78, 5) is 38.2. The van der Waals surface area contributed by atoms with Gasteiger partial charge in [0.15, 0.2) is 0 Å². The molecule has 2 aromatic rings. The third kappa shape index (κ3) is 6.72. The van der Waals surface area contributed by atoms with Gasteiger partial charge < -0.3 is 15.1 Å². The molecule has 6 heteroatoms. The lowest BCUT2D eigenvalue weighted by Crippen LogP contribution is -2.50. The van der Waals surface area contributed by atoms with E-state index in [0.29, 0.717) is 32.7 Å². The van der Waals surface area contributed by atoms with Crippen LogP contribution in [0.25, 0.3) is 0 Å².